The number of hydrogen-bond acceptors (Lipinski definition) is 2. The van der Waals surface area contributed by atoms with E-state index in [4.69, 9.17) is 4.84 Å². The van der Waals surface area contributed by atoms with Gasteiger partial charge in [0.15, 0.2) is 0 Å². The van der Waals surface area contributed by atoms with Gasteiger partial charge in [0.2, 0.25) is 5.60 Å². The molecule has 0 bridgehead atoms. The van der Waals surface area contributed by atoms with Crippen LogP contribution in [0, 0.1) is 5.82 Å². The van der Waals surface area contributed by atoms with Gasteiger partial charge in [0.25, 0.3) is 0 Å². The van der Waals surface area contributed by atoms with Crippen LogP contribution >= 0.6 is 0 Å². The quantitative estimate of drug-likeness (QED) is 0.274. The van der Waals surface area contributed by atoms with E-state index < -0.39 is 23.5 Å². The van der Waals surface area contributed by atoms with Crippen molar-refractivity contribution in [3.63, 3.8) is 0 Å². The molecule has 0 spiro atoms. The number of hydrogen-bond donors (Lipinski definition) is 0. The van der Waals surface area contributed by atoms with Crippen LogP contribution in [0.4, 0.5) is 23.2 Å². The third-order valence-corrected chi connectivity index (χ3v) is 6.06. The lowest BCUT2D eigenvalue weighted by atomic mass is 9.76. The van der Waals surface area contributed by atoms with Gasteiger partial charge in [-0.1, -0.05) is 97.1 Å². The largest absolute Gasteiger partial charge is 0.424 e. The zero-order chi connectivity index (χ0) is 24.5. The fraction of sp³-hybridized carbons (Fsp3) is 0.103. The van der Waals surface area contributed by atoms with Crippen molar-refractivity contribution >= 4 is 11.4 Å². The smallest absolute Gasteiger partial charge is 0.247 e. The fourth-order valence-corrected chi connectivity index (χ4v) is 4.50. The van der Waals surface area contributed by atoms with Gasteiger partial charge in [0.05, 0.1) is 17.3 Å². The first-order valence-electron chi connectivity index (χ1n) is 11.1. The molecule has 6 heteroatoms. The minimum absolute atomic E-state index is 0.158. The van der Waals surface area contributed by atoms with E-state index in [-0.39, 0.29) is 11.4 Å². The Balaban J connectivity index is 1.78. The maximum absolute atomic E-state index is 15.2. The number of hydroxylamine groups is 1. The number of benzene rings is 4. The molecule has 2 nitrogen and oxygen atoms in total. The van der Waals surface area contributed by atoms with E-state index in [1.807, 2.05) is 0 Å². The molecule has 4 aromatic carbocycles. The average molecular weight is 475 g/mol. The summed E-state index contributed by atoms with van der Waals surface area (Å²) in [7, 11) is 0. The van der Waals surface area contributed by atoms with Crippen molar-refractivity contribution in [3.05, 3.63) is 144 Å². The highest BCUT2D eigenvalue weighted by atomic mass is 19.4. The molecular weight excluding hydrogens is 454 g/mol. The lowest BCUT2D eigenvalue weighted by Gasteiger charge is -2.38. The van der Waals surface area contributed by atoms with Crippen molar-refractivity contribution in [2.24, 2.45) is 0 Å². The van der Waals surface area contributed by atoms with Crippen molar-refractivity contribution in [2.45, 2.75) is 17.7 Å². The van der Waals surface area contributed by atoms with Crippen LogP contribution in [-0.2, 0) is 4.84 Å². The van der Waals surface area contributed by atoms with Crippen LogP contribution in [0.15, 0.2) is 121 Å². The summed E-state index contributed by atoms with van der Waals surface area (Å²) in [6, 6.07) is 31.0. The number of anilines is 1. The highest BCUT2D eigenvalue weighted by molar-refractivity contribution is 5.80. The minimum Gasteiger partial charge on any atom is -0.247 e. The van der Waals surface area contributed by atoms with Crippen molar-refractivity contribution in [2.75, 3.05) is 5.06 Å². The Morgan fingerprint density at radius 1 is 0.686 bits per heavy atom. The Hall–Kier alpha value is -3.90. The molecule has 0 aliphatic carbocycles. The second-order valence-corrected chi connectivity index (χ2v) is 8.31. The van der Waals surface area contributed by atoms with Crippen LogP contribution in [0.2, 0.25) is 0 Å². The molecule has 1 unspecified atom stereocenters. The molecule has 0 saturated carbocycles. The second-order valence-electron chi connectivity index (χ2n) is 8.31. The molecule has 0 saturated heterocycles. The summed E-state index contributed by atoms with van der Waals surface area (Å²) in [5.74, 6) is -1.80. The summed E-state index contributed by atoms with van der Waals surface area (Å²) in [6.07, 6.45) is -3.69. The third-order valence-electron chi connectivity index (χ3n) is 6.06. The summed E-state index contributed by atoms with van der Waals surface area (Å²) >= 11 is 0. The molecule has 0 radical (unpaired) electrons. The van der Waals surface area contributed by atoms with Crippen LogP contribution in [0.3, 0.4) is 0 Å². The molecule has 0 aromatic heterocycles. The van der Waals surface area contributed by atoms with Crippen molar-refractivity contribution in [1.82, 2.24) is 0 Å². The summed E-state index contributed by atoms with van der Waals surface area (Å²) in [6.45, 7) is 0. The molecule has 176 valence electrons. The summed E-state index contributed by atoms with van der Waals surface area (Å²) in [4.78, 5) is 5.94. The molecule has 0 N–H and O–H groups in total. The molecule has 4 aromatic rings. The van der Waals surface area contributed by atoms with E-state index in [0.29, 0.717) is 16.7 Å². The van der Waals surface area contributed by atoms with Crippen molar-refractivity contribution in [1.29, 1.82) is 0 Å². The van der Waals surface area contributed by atoms with E-state index in [1.54, 1.807) is 91.0 Å². The normalized spacial score (nSPS) is 18.1. The van der Waals surface area contributed by atoms with Gasteiger partial charge >= 0.3 is 6.18 Å². The Morgan fingerprint density at radius 3 is 1.74 bits per heavy atom. The fourth-order valence-electron chi connectivity index (χ4n) is 4.50. The highest BCUT2D eigenvalue weighted by Gasteiger charge is 2.65. The molecule has 1 aliphatic rings. The van der Waals surface area contributed by atoms with E-state index in [2.05, 4.69) is 0 Å². The molecule has 1 heterocycles. The molecule has 5 rings (SSSR count). The van der Waals surface area contributed by atoms with Crippen LogP contribution < -0.4 is 5.06 Å². The molecule has 0 amide bonds. The Kier molecular flexibility index (Phi) is 5.91. The van der Waals surface area contributed by atoms with Gasteiger partial charge in [0.1, 0.15) is 5.82 Å². The minimum atomic E-state index is -4.81. The Labute approximate surface area is 200 Å². The van der Waals surface area contributed by atoms with E-state index in [1.165, 1.54) is 18.2 Å². The first-order valence-corrected chi connectivity index (χ1v) is 11.1. The predicted octanol–water partition coefficient (Wildman–Crippen LogP) is 7.75. The predicted molar refractivity (Wildman–Crippen MR) is 128 cm³/mol. The van der Waals surface area contributed by atoms with Gasteiger partial charge < -0.3 is 0 Å². The molecule has 0 fully saturated rings. The molecular formula is C29H21F4NO. The van der Waals surface area contributed by atoms with Gasteiger partial charge in [-0.25, -0.2) is 14.3 Å². The molecule has 35 heavy (non-hydrogen) atoms. The van der Waals surface area contributed by atoms with Crippen molar-refractivity contribution < 1.29 is 22.4 Å². The first-order chi connectivity index (χ1) is 16.9. The van der Waals surface area contributed by atoms with Gasteiger partial charge in [0, 0.05) is 5.56 Å². The molecule has 1 aliphatic heterocycles. The SMILES string of the molecule is Fc1cccc(N2OC(C(c3ccccc3)c3ccccc3)(C(F)(F)F)C=C2c2ccccc2)c1. The first kappa shape index (κ1) is 22.9. The van der Waals surface area contributed by atoms with E-state index >= 15 is 13.2 Å². The Morgan fingerprint density at radius 2 is 1.23 bits per heavy atom. The topological polar surface area (TPSA) is 12.5 Å². The summed E-state index contributed by atoms with van der Waals surface area (Å²) in [5.41, 5.74) is -1.01. The lowest BCUT2D eigenvalue weighted by molar-refractivity contribution is -0.257. The van der Waals surface area contributed by atoms with Crippen LogP contribution in [0.1, 0.15) is 22.6 Å². The zero-order valence-corrected chi connectivity index (χ0v) is 18.5. The van der Waals surface area contributed by atoms with Crippen LogP contribution in [0.25, 0.3) is 5.70 Å². The van der Waals surface area contributed by atoms with E-state index in [9.17, 15) is 4.39 Å². The summed E-state index contributed by atoms with van der Waals surface area (Å²) in [5, 5.41) is 1.09. The number of nitrogens with zero attached hydrogens (tertiary/aromatic N) is 1. The average Bonchev–Trinajstić information content (AvgIpc) is 3.28. The number of halogens is 4. The van der Waals surface area contributed by atoms with Gasteiger partial charge in [-0.15, -0.1) is 0 Å². The number of alkyl halides is 3. The van der Waals surface area contributed by atoms with Gasteiger partial charge in [-0.05, 0) is 35.4 Å². The monoisotopic (exact) mass is 475 g/mol. The highest BCUT2D eigenvalue weighted by Crippen LogP contribution is 2.54. The Bertz CT molecular complexity index is 1280. The van der Waals surface area contributed by atoms with Crippen LogP contribution in [0.5, 0.6) is 0 Å². The van der Waals surface area contributed by atoms with Crippen LogP contribution in [-0.4, -0.2) is 11.8 Å². The maximum atomic E-state index is 15.2. The second kappa shape index (κ2) is 9.04. The standard InChI is InChI=1S/C29H21F4NO/c30-24-17-10-18-25(19-24)34-26(21-11-4-1-5-12-21)20-28(35-34,29(31,32)33)27(22-13-6-2-7-14-22)23-15-8-3-9-16-23/h1-20,27H. The van der Waals surface area contributed by atoms with Gasteiger partial charge in [-0.2, -0.15) is 13.2 Å². The lowest BCUT2D eigenvalue weighted by Crippen LogP contribution is -2.51. The number of rotatable bonds is 5. The maximum Gasteiger partial charge on any atom is 0.424 e. The third kappa shape index (κ3) is 4.21. The zero-order valence-electron chi connectivity index (χ0n) is 18.5. The summed E-state index contributed by atoms with van der Waals surface area (Å²) < 4.78 is 59.8. The van der Waals surface area contributed by atoms with Crippen molar-refractivity contribution in [3.8, 4) is 0 Å². The molecule has 1 atom stereocenters. The van der Waals surface area contributed by atoms with Gasteiger partial charge in [-0.3, -0.25) is 0 Å². The van der Waals surface area contributed by atoms with E-state index in [0.717, 1.165) is 17.2 Å².